The number of ether oxygens (including phenoxy) is 1. The average Bonchev–Trinajstić information content (AvgIpc) is 2.67. The zero-order valence-electron chi connectivity index (χ0n) is 12.1. The average molecular weight is 291 g/mol. The fraction of sp³-hybridized carbons (Fsp3) is 1.00. The maximum absolute atomic E-state index is 11.7. The van der Waals surface area contributed by atoms with Gasteiger partial charge in [0, 0.05) is 18.6 Å². The second-order valence-corrected chi connectivity index (χ2v) is 7.44. The summed E-state index contributed by atoms with van der Waals surface area (Å²) in [5, 5.41) is 0. The first-order valence-corrected chi connectivity index (χ1v) is 8.88. The molecule has 0 aromatic heterocycles. The second kappa shape index (κ2) is 5.31. The van der Waals surface area contributed by atoms with E-state index in [-0.39, 0.29) is 5.54 Å². The highest BCUT2D eigenvalue weighted by molar-refractivity contribution is 7.86. The van der Waals surface area contributed by atoms with Gasteiger partial charge in [0.05, 0.1) is 19.5 Å². The summed E-state index contributed by atoms with van der Waals surface area (Å²) in [6.45, 7) is 7.31. The molecule has 0 radical (unpaired) electrons. The lowest BCUT2D eigenvalue weighted by atomic mass is 9.80. The van der Waals surface area contributed by atoms with E-state index in [1.807, 2.05) is 6.92 Å². The van der Waals surface area contributed by atoms with Crippen LogP contribution in [0.3, 0.4) is 0 Å². The maximum atomic E-state index is 11.7. The largest absolute Gasteiger partial charge is 0.379 e. The number of hydrogen-bond donors (Lipinski definition) is 0. The van der Waals surface area contributed by atoms with Crippen molar-refractivity contribution in [2.45, 2.75) is 50.7 Å². The predicted molar refractivity (Wildman–Crippen MR) is 73.6 cm³/mol. The summed E-state index contributed by atoms with van der Waals surface area (Å²) in [5.74, 6) is 0. The van der Waals surface area contributed by atoms with Crippen LogP contribution in [0.2, 0.25) is 0 Å². The number of hydrogen-bond acceptors (Lipinski definition) is 5. The van der Waals surface area contributed by atoms with Crippen LogP contribution in [-0.2, 0) is 19.0 Å². The SMILES string of the molecule is CCC1(OS(C)(=O)=O)CCCC1(C)N1CCOCC1. The Labute approximate surface area is 116 Å². The summed E-state index contributed by atoms with van der Waals surface area (Å²) in [6.07, 6.45) is 4.67. The molecule has 2 fully saturated rings. The van der Waals surface area contributed by atoms with Crippen molar-refractivity contribution in [1.82, 2.24) is 4.90 Å². The van der Waals surface area contributed by atoms with Crippen LogP contribution in [0.25, 0.3) is 0 Å². The Balaban J connectivity index is 2.30. The Bertz CT molecular complexity index is 418. The monoisotopic (exact) mass is 291 g/mol. The van der Waals surface area contributed by atoms with Gasteiger partial charge in [-0.1, -0.05) is 6.92 Å². The van der Waals surface area contributed by atoms with Crippen molar-refractivity contribution in [2.75, 3.05) is 32.6 Å². The normalized spacial score (nSPS) is 37.6. The molecule has 1 aliphatic heterocycles. The minimum atomic E-state index is -3.45. The van der Waals surface area contributed by atoms with Crippen molar-refractivity contribution in [1.29, 1.82) is 0 Å². The lowest BCUT2D eigenvalue weighted by molar-refractivity contribution is -0.0974. The van der Waals surface area contributed by atoms with Gasteiger partial charge in [-0.15, -0.1) is 0 Å². The van der Waals surface area contributed by atoms with Crippen LogP contribution in [0.15, 0.2) is 0 Å². The lowest BCUT2D eigenvalue weighted by Gasteiger charge is -2.50. The smallest absolute Gasteiger partial charge is 0.264 e. The molecule has 1 heterocycles. The van der Waals surface area contributed by atoms with Crippen molar-refractivity contribution in [3.8, 4) is 0 Å². The molecule has 6 heteroatoms. The molecule has 0 aromatic carbocycles. The summed E-state index contributed by atoms with van der Waals surface area (Å²) in [6, 6.07) is 0. The van der Waals surface area contributed by atoms with Gasteiger partial charge in [-0.3, -0.25) is 9.08 Å². The maximum Gasteiger partial charge on any atom is 0.264 e. The van der Waals surface area contributed by atoms with Gasteiger partial charge in [-0.2, -0.15) is 8.42 Å². The predicted octanol–water partition coefficient (Wildman–Crippen LogP) is 1.39. The third kappa shape index (κ3) is 2.82. The summed E-state index contributed by atoms with van der Waals surface area (Å²) in [4.78, 5) is 2.36. The minimum absolute atomic E-state index is 0.214. The fourth-order valence-electron chi connectivity index (χ4n) is 3.76. The zero-order valence-corrected chi connectivity index (χ0v) is 13.0. The van der Waals surface area contributed by atoms with Gasteiger partial charge >= 0.3 is 0 Å². The molecule has 5 nitrogen and oxygen atoms in total. The zero-order chi connectivity index (χ0) is 14.1. The van der Waals surface area contributed by atoms with Crippen LogP contribution in [0, 0.1) is 0 Å². The van der Waals surface area contributed by atoms with Crippen molar-refractivity contribution in [3.63, 3.8) is 0 Å². The summed E-state index contributed by atoms with van der Waals surface area (Å²) in [7, 11) is -3.45. The summed E-state index contributed by atoms with van der Waals surface area (Å²) >= 11 is 0. The lowest BCUT2D eigenvalue weighted by Crippen LogP contribution is -2.63. The molecule has 1 saturated carbocycles. The highest BCUT2D eigenvalue weighted by Gasteiger charge is 2.56. The van der Waals surface area contributed by atoms with Gasteiger partial charge in [0.15, 0.2) is 0 Å². The second-order valence-electron chi connectivity index (χ2n) is 5.86. The first-order chi connectivity index (χ1) is 8.83. The van der Waals surface area contributed by atoms with Crippen LogP contribution in [-0.4, -0.2) is 57.0 Å². The van der Waals surface area contributed by atoms with E-state index in [0.29, 0.717) is 19.6 Å². The molecule has 1 saturated heterocycles. The van der Waals surface area contributed by atoms with E-state index in [2.05, 4.69) is 11.8 Å². The first kappa shape index (κ1) is 15.2. The highest BCUT2D eigenvalue weighted by atomic mass is 32.2. The Morgan fingerprint density at radius 1 is 1.26 bits per heavy atom. The van der Waals surface area contributed by atoms with Gasteiger partial charge in [0.1, 0.15) is 5.60 Å². The Kier molecular flexibility index (Phi) is 4.26. The van der Waals surface area contributed by atoms with Crippen molar-refractivity contribution in [3.05, 3.63) is 0 Å². The van der Waals surface area contributed by atoms with E-state index in [1.165, 1.54) is 0 Å². The topological polar surface area (TPSA) is 55.8 Å². The number of rotatable bonds is 4. The Morgan fingerprint density at radius 3 is 2.42 bits per heavy atom. The van der Waals surface area contributed by atoms with Gasteiger partial charge < -0.3 is 4.74 Å². The molecule has 112 valence electrons. The van der Waals surface area contributed by atoms with Gasteiger partial charge in [0.25, 0.3) is 10.1 Å². The molecule has 2 unspecified atom stereocenters. The van der Waals surface area contributed by atoms with Crippen LogP contribution in [0.4, 0.5) is 0 Å². The summed E-state index contributed by atoms with van der Waals surface area (Å²) in [5.41, 5.74) is -0.799. The number of morpholine rings is 1. The molecule has 0 bridgehead atoms. The molecule has 1 aliphatic carbocycles. The molecular formula is C13H25NO4S. The van der Waals surface area contributed by atoms with E-state index in [0.717, 1.165) is 38.6 Å². The van der Waals surface area contributed by atoms with E-state index in [1.54, 1.807) is 0 Å². The van der Waals surface area contributed by atoms with Gasteiger partial charge in [0.2, 0.25) is 0 Å². The van der Waals surface area contributed by atoms with Crippen molar-refractivity contribution in [2.24, 2.45) is 0 Å². The molecule has 0 spiro atoms. The van der Waals surface area contributed by atoms with Crippen LogP contribution in [0.1, 0.15) is 39.5 Å². The Morgan fingerprint density at radius 2 is 1.89 bits per heavy atom. The Hall–Kier alpha value is -0.170. The van der Waals surface area contributed by atoms with Crippen LogP contribution in [0.5, 0.6) is 0 Å². The molecule has 0 N–H and O–H groups in total. The third-order valence-corrected chi connectivity index (χ3v) is 5.44. The van der Waals surface area contributed by atoms with E-state index >= 15 is 0 Å². The van der Waals surface area contributed by atoms with E-state index in [4.69, 9.17) is 8.92 Å². The van der Waals surface area contributed by atoms with Crippen molar-refractivity contribution < 1.29 is 17.3 Å². The van der Waals surface area contributed by atoms with E-state index in [9.17, 15) is 8.42 Å². The van der Waals surface area contributed by atoms with Gasteiger partial charge in [-0.25, -0.2) is 0 Å². The van der Waals surface area contributed by atoms with Crippen LogP contribution >= 0.6 is 0 Å². The standard InChI is InChI=1S/C13H25NO4S/c1-4-13(18-19(3,15)16)7-5-6-12(13,2)14-8-10-17-11-9-14/h4-11H2,1-3H3. The molecular weight excluding hydrogens is 266 g/mol. The van der Waals surface area contributed by atoms with Crippen molar-refractivity contribution >= 4 is 10.1 Å². The molecule has 19 heavy (non-hydrogen) atoms. The van der Waals surface area contributed by atoms with Crippen LogP contribution < -0.4 is 0 Å². The highest BCUT2D eigenvalue weighted by Crippen LogP contribution is 2.48. The van der Waals surface area contributed by atoms with Gasteiger partial charge in [-0.05, 0) is 32.6 Å². The summed E-state index contributed by atoms with van der Waals surface area (Å²) < 4.78 is 34.3. The fourth-order valence-corrected chi connectivity index (χ4v) is 4.72. The molecule has 0 aromatic rings. The molecule has 0 amide bonds. The number of nitrogens with zero attached hydrogens (tertiary/aromatic N) is 1. The molecule has 2 rings (SSSR count). The van der Waals surface area contributed by atoms with E-state index < -0.39 is 15.7 Å². The minimum Gasteiger partial charge on any atom is -0.379 e. The molecule has 2 atom stereocenters. The molecule has 2 aliphatic rings. The quantitative estimate of drug-likeness (QED) is 0.733. The first-order valence-electron chi connectivity index (χ1n) is 7.06. The third-order valence-electron chi connectivity index (χ3n) is 4.82.